The summed E-state index contributed by atoms with van der Waals surface area (Å²) in [6, 6.07) is 4.47. The van der Waals surface area contributed by atoms with Gasteiger partial charge in [0.15, 0.2) is 0 Å². The maximum atomic E-state index is 11.9. The highest BCUT2D eigenvalue weighted by Crippen LogP contribution is 2.09. The number of nitrogen functional groups attached to an aromatic ring is 1. The molecule has 8 heteroatoms. The second-order valence-corrected chi connectivity index (χ2v) is 5.44. The third-order valence-corrected chi connectivity index (χ3v) is 3.58. The summed E-state index contributed by atoms with van der Waals surface area (Å²) in [4.78, 5) is 3.78. The molecule has 2 heterocycles. The van der Waals surface area contributed by atoms with Crippen molar-refractivity contribution in [2.24, 2.45) is 0 Å². The van der Waals surface area contributed by atoms with Gasteiger partial charge in [0.25, 0.3) is 0 Å². The van der Waals surface area contributed by atoms with Crippen molar-refractivity contribution >= 4 is 15.8 Å². The Morgan fingerprint density at radius 3 is 2.78 bits per heavy atom. The lowest BCUT2D eigenvalue weighted by molar-refractivity contribution is 0.390. The molecule has 0 atom stereocenters. The number of nitrogens with zero attached hydrogens (tertiary/aromatic N) is 2. The molecule has 0 aliphatic rings. The lowest BCUT2D eigenvalue weighted by atomic mass is 10.4. The molecule has 2 aromatic rings. The van der Waals surface area contributed by atoms with Crippen LogP contribution in [0.3, 0.4) is 0 Å². The summed E-state index contributed by atoms with van der Waals surface area (Å²) in [5, 5.41) is 3.69. The SMILES string of the molecule is Cc1cc(CNS(=O)(=O)c2ccc(N)nc2)no1. The van der Waals surface area contributed by atoms with Gasteiger partial charge in [-0.15, -0.1) is 0 Å². The third-order valence-electron chi connectivity index (χ3n) is 2.19. The molecule has 0 fully saturated rings. The molecule has 0 saturated heterocycles. The van der Waals surface area contributed by atoms with Crippen molar-refractivity contribution in [1.82, 2.24) is 14.9 Å². The Hall–Kier alpha value is -1.93. The Morgan fingerprint density at radius 2 is 2.22 bits per heavy atom. The summed E-state index contributed by atoms with van der Waals surface area (Å²) >= 11 is 0. The first-order valence-electron chi connectivity index (χ1n) is 5.11. The fourth-order valence-corrected chi connectivity index (χ4v) is 2.25. The molecule has 0 spiro atoms. The molecule has 0 aliphatic heterocycles. The minimum atomic E-state index is -3.62. The molecule has 7 nitrogen and oxygen atoms in total. The van der Waals surface area contributed by atoms with Crippen molar-refractivity contribution in [3.05, 3.63) is 35.9 Å². The Morgan fingerprint density at radius 1 is 1.44 bits per heavy atom. The van der Waals surface area contributed by atoms with Crippen LogP contribution in [0.2, 0.25) is 0 Å². The van der Waals surface area contributed by atoms with Crippen molar-refractivity contribution in [1.29, 1.82) is 0 Å². The molecule has 0 aliphatic carbocycles. The number of pyridine rings is 1. The van der Waals surface area contributed by atoms with Gasteiger partial charge in [-0.2, -0.15) is 0 Å². The largest absolute Gasteiger partial charge is 0.384 e. The number of nitrogens with one attached hydrogen (secondary N) is 1. The van der Waals surface area contributed by atoms with Crippen LogP contribution < -0.4 is 10.5 Å². The van der Waals surface area contributed by atoms with Crippen LogP contribution in [0.15, 0.2) is 33.8 Å². The molecule has 3 N–H and O–H groups in total. The van der Waals surface area contributed by atoms with E-state index in [1.807, 2.05) is 0 Å². The summed E-state index contributed by atoms with van der Waals surface area (Å²) in [6.07, 6.45) is 1.20. The minimum absolute atomic E-state index is 0.0527. The van der Waals surface area contributed by atoms with Gasteiger partial charge in [-0.1, -0.05) is 5.16 Å². The maximum absolute atomic E-state index is 11.9. The molecule has 0 saturated carbocycles. The summed E-state index contributed by atoms with van der Waals surface area (Å²) in [5.74, 6) is 0.888. The van der Waals surface area contributed by atoms with Gasteiger partial charge >= 0.3 is 0 Å². The molecule has 2 aromatic heterocycles. The van der Waals surface area contributed by atoms with Crippen LogP contribution in [-0.4, -0.2) is 18.6 Å². The first kappa shape index (κ1) is 12.5. The quantitative estimate of drug-likeness (QED) is 0.832. The van der Waals surface area contributed by atoms with E-state index in [0.717, 1.165) is 0 Å². The number of hydrogen-bond acceptors (Lipinski definition) is 6. The molecule has 0 radical (unpaired) electrons. The Balaban J connectivity index is 2.10. The third kappa shape index (κ3) is 2.84. The molecule has 18 heavy (non-hydrogen) atoms. The molecule has 0 unspecified atom stereocenters. The number of rotatable bonds is 4. The number of hydrogen-bond donors (Lipinski definition) is 2. The maximum Gasteiger partial charge on any atom is 0.242 e. The molecular formula is C10H12N4O3S. The summed E-state index contributed by atoms with van der Waals surface area (Å²) in [5.41, 5.74) is 5.90. The second-order valence-electron chi connectivity index (χ2n) is 3.67. The Labute approximate surface area is 104 Å². The zero-order chi connectivity index (χ0) is 13.2. The van der Waals surface area contributed by atoms with Crippen molar-refractivity contribution in [3.63, 3.8) is 0 Å². The summed E-state index contributed by atoms with van der Waals surface area (Å²) in [6.45, 7) is 1.79. The van der Waals surface area contributed by atoms with E-state index in [4.69, 9.17) is 10.3 Å². The van der Waals surface area contributed by atoms with E-state index < -0.39 is 10.0 Å². The number of nitrogens with two attached hydrogens (primary N) is 1. The van der Waals surface area contributed by atoms with Crippen molar-refractivity contribution in [2.45, 2.75) is 18.4 Å². The van der Waals surface area contributed by atoms with Gasteiger partial charge in [0.2, 0.25) is 10.0 Å². The Kier molecular flexibility index (Phi) is 3.30. The van der Waals surface area contributed by atoms with E-state index in [9.17, 15) is 8.42 Å². The number of aryl methyl sites for hydroxylation is 1. The monoisotopic (exact) mass is 268 g/mol. The van der Waals surface area contributed by atoms with Gasteiger partial charge in [0.1, 0.15) is 16.5 Å². The van der Waals surface area contributed by atoms with E-state index in [0.29, 0.717) is 11.5 Å². The molecule has 0 aromatic carbocycles. The highest BCUT2D eigenvalue weighted by molar-refractivity contribution is 7.89. The molecule has 2 rings (SSSR count). The summed E-state index contributed by atoms with van der Waals surface area (Å²) < 4.78 is 31.0. The van der Waals surface area contributed by atoms with E-state index in [1.165, 1.54) is 18.3 Å². The van der Waals surface area contributed by atoms with Crippen LogP contribution in [-0.2, 0) is 16.6 Å². The lowest BCUT2D eigenvalue weighted by Crippen LogP contribution is -2.23. The van der Waals surface area contributed by atoms with E-state index in [-0.39, 0.29) is 17.3 Å². The van der Waals surface area contributed by atoms with Crippen molar-refractivity contribution in [3.8, 4) is 0 Å². The van der Waals surface area contributed by atoms with Crippen LogP contribution >= 0.6 is 0 Å². The highest BCUT2D eigenvalue weighted by Gasteiger charge is 2.14. The van der Waals surface area contributed by atoms with Crippen molar-refractivity contribution in [2.75, 3.05) is 5.73 Å². The average molecular weight is 268 g/mol. The first-order valence-corrected chi connectivity index (χ1v) is 6.59. The van der Waals surface area contributed by atoms with Gasteiger partial charge in [0.05, 0.1) is 12.2 Å². The number of anilines is 1. The van der Waals surface area contributed by atoms with E-state index in [2.05, 4.69) is 14.9 Å². The van der Waals surface area contributed by atoms with E-state index in [1.54, 1.807) is 13.0 Å². The van der Waals surface area contributed by atoms with Crippen LogP contribution in [0, 0.1) is 6.92 Å². The van der Waals surface area contributed by atoms with Crippen molar-refractivity contribution < 1.29 is 12.9 Å². The lowest BCUT2D eigenvalue weighted by Gasteiger charge is -2.04. The highest BCUT2D eigenvalue weighted by atomic mass is 32.2. The minimum Gasteiger partial charge on any atom is -0.384 e. The molecular weight excluding hydrogens is 256 g/mol. The fraction of sp³-hybridized carbons (Fsp3) is 0.200. The van der Waals surface area contributed by atoms with Crippen LogP contribution in [0.1, 0.15) is 11.5 Å². The zero-order valence-electron chi connectivity index (χ0n) is 9.62. The van der Waals surface area contributed by atoms with Crippen LogP contribution in [0.4, 0.5) is 5.82 Å². The average Bonchev–Trinajstić information content (AvgIpc) is 2.73. The smallest absolute Gasteiger partial charge is 0.242 e. The van der Waals surface area contributed by atoms with E-state index >= 15 is 0 Å². The fourth-order valence-electron chi connectivity index (χ4n) is 1.30. The van der Waals surface area contributed by atoms with Crippen LogP contribution in [0.5, 0.6) is 0 Å². The molecule has 0 amide bonds. The topological polar surface area (TPSA) is 111 Å². The van der Waals surface area contributed by atoms with Gasteiger partial charge < -0.3 is 10.3 Å². The summed E-state index contributed by atoms with van der Waals surface area (Å²) in [7, 11) is -3.62. The molecule has 0 bridgehead atoms. The Bertz CT molecular complexity index is 633. The van der Waals surface area contributed by atoms with Gasteiger partial charge in [-0.3, -0.25) is 0 Å². The molecule has 96 valence electrons. The number of sulfonamides is 1. The zero-order valence-corrected chi connectivity index (χ0v) is 10.4. The predicted molar refractivity (Wildman–Crippen MR) is 63.9 cm³/mol. The predicted octanol–water partition coefficient (Wildman–Crippen LogP) is 0.439. The first-order chi connectivity index (χ1) is 8.47. The number of aromatic nitrogens is 2. The second kappa shape index (κ2) is 4.75. The van der Waals surface area contributed by atoms with Crippen LogP contribution in [0.25, 0.3) is 0 Å². The van der Waals surface area contributed by atoms with Gasteiger partial charge in [-0.25, -0.2) is 18.1 Å². The standard InChI is InChI=1S/C10H12N4O3S/c1-7-4-8(14-17-7)5-13-18(15,16)9-2-3-10(11)12-6-9/h2-4,6,13H,5H2,1H3,(H2,11,12). The van der Waals surface area contributed by atoms with Gasteiger partial charge in [0, 0.05) is 12.3 Å². The van der Waals surface area contributed by atoms with Gasteiger partial charge in [-0.05, 0) is 19.1 Å². The normalized spacial score (nSPS) is 11.6.